The van der Waals surface area contributed by atoms with Gasteiger partial charge in [0.15, 0.2) is 0 Å². The number of halogens is 2. The van der Waals surface area contributed by atoms with Crippen LogP contribution in [0, 0.1) is 0 Å². The van der Waals surface area contributed by atoms with Crippen LogP contribution in [0.15, 0.2) is 17.1 Å². The zero-order valence-electron chi connectivity index (χ0n) is 10.4. The second-order valence-corrected chi connectivity index (χ2v) is 4.69. The number of methoxy groups -OCH3 is 1. The highest BCUT2D eigenvalue weighted by Gasteiger charge is 2.36. The number of nitrogens with zero attached hydrogens (tertiary/aromatic N) is 2. The summed E-state index contributed by atoms with van der Waals surface area (Å²) in [6, 6.07) is 3.40. The van der Waals surface area contributed by atoms with Crippen LogP contribution in [0.25, 0.3) is 0 Å². The Hall–Kier alpha value is -1.46. The number of hydrogen-bond acceptors (Lipinski definition) is 4. The molecule has 2 heterocycles. The molecule has 0 bridgehead atoms. The highest BCUT2D eigenvalue weighted by molar-refractivity contribution is 6.33. The Balaban J connectivity index is 0.00000133. The summed E-state index contributed by atoms with van der Waals surface area (Å²) in [6.45, 7) is 2.40. The van der Waals surface area contributed by atoms with Gasteiger partial charge in [-0.2, -0.15) is 0 Å². The molecular formula is C12H13Cl2N3O2. The van der Waals surface area contributed by atoms with Gasteiger partial charge in [-0.1, -0.05) is 11.6 Å². The number of hydrogen-bond donors (Lipinski definition) is 1. The molecule has 0 aliphatic carbocycles. The summed E-state index contributed by atoms with van der Waals surface area (Å²) in [5.41, 5.74) is 1.67. The fourth-order valence-electron chi connectivity index (χ4n) is 2.20. The van der Waals surface area contributed by atoms with Crippen molar-refractivity contribution >= 4 is 41.6 Å². The predicted octanol–water partition coefficient (Wildman–Crippen LogP) is 2.09. The van der Waals surface area contributed by atoms with Crippen LogP contribution < -0.4 is 10.1 Å². The molecule has 1 amide bonds. The molecule has 0 aromatic heterocycles. The highest BCUT2D eigenvalue weighted by atomic mass is 35.5. The third-order valence-corrected chi connectivity index (χ3v) is 3.73. The van der Waals surface area contributed by atoms with Crippen molar-refractivity contribution in [3.8, 4) is 5.75 Å². The lowest BCUT2D eigenvalue weighted by Crippen LogP contribution is -2.35. The molecule has 1 atom stereocenters. The molecule has 7 heteroatoms. The van der Waals surface area contributed by atoms with Gasteiger partial charge < -0.3 is 9.64 Å². The number of carbonyl (C=O) groups is 1. The molecule has 5 nitrogen and oxygen atoms in total. The maximum atomic E-state index is 11.6. The van der Waals surface area contributed by atoms with E-state index in [0.717, 1.165) is 11.3 Å². The number of amides is 1. The minimum atomic E-state index is -0.223. The number of nitrogens with one attached hydrogen (secondary N) is 1. The van der Waals surface area contributed by atoms with Gasteiger partial charge >= 0.3 is 0 Å². The number of benzene rings is 1. The van der Waals surface area contributed by atoms with E-state index in [2.05, 4.69) is 10.3 Å². The quantitative estimate of drug-likeness (QED) is 0.864. The molecule has 3 rings (SSSR count). The van der Waals surface area contributed by atoms with Crippen molar-refractivity contribution < 1.29 is 9.53 Å². The fourth-order valence-corrected chi connectivity index (χ4v) is 2.50. The van der Waals surface area contributed by atoms with E-state index in [1.54, 1.807) is 13.2 Å². The Morgan fingerprint density at radius 1 is 1.53 bits per heavy atom. The molecule has 0 spiro atoms. The number of rotatable bonds is 1. The number of carbonyl (C=O) groups excluding carboxylic acids is 1. The van der Waals surface area contributed by atoms with Crippen molar-refractivity contribution in [3.63, 3.8) is 0 Å². The van der Waals surface area contributed by atoms with Crippen LogP contribution in [-0.2, 0) is 11.3 Å². The average Bonchev–Trinajstić information content (AvgIpc) is 2.64. The Morgan fingerprint density at radius 3 is 2.95 bits per heavy atom. The zero-order chi connectivity index (χ0) is 12.9. The molecule has 19 heavy (non-hydrogen) atoms. The largest absolute Gasteiger partial charge is 0.495 e. The van der Waals surface area contributed by atoms with E-state index in [1.807, 2.05) is 17.9 Å². The van der Waals surface area contributed by atoms with E-state index in [9.17, 15) is 4.79 Å². The summed E-state index contributed by atoms with van der Waals surface area (Å²) in [7, 11) is 1.58. The topological polar surface area (TPSA) is 53.9 Å². The summed E-state index contributed by atoms with van der Waals surface area (Å²) >= 11 is 6.28. The number of ether oxygens (including phenoxy) is 1. The summed E-state index contributed by atoms with van der Waals surface area (Å²) < 4.78 is 5.19. The van der Waals surface area contributed by atoms with Gasteiger partial charge in [0, 0.05) is 5.56 Å². The third-order valence-electron chi connectivity index (χ3n) is 3.31. The van der Waals surface area contributed by atoms with Crippen molar-refractivity contribution in [2.24, 2.45) is 4.99 Å². The molecule has 2 aliphatic heterocycles. The van der Waals surface area contributed by atoms with E-state index in [-0.39, 0.29) is 24.4 Å². The average molecular weight is 302 g/mol. The first-order valence-electron chi connectivity index (χ1n) is 5.63. The molecular weight excluding hydrogens is 289 g/mol. The van der Waals surface area contributed by atoms with Crippen LogP contribution >= 0.6 is 24.0 Å². The van der Waals surface area contributed by atoms with Crippen LogP contribution in [0.1, 0.15) is 12.5 Å². The van der Waals surface area contributed by atoms with Gasteiger partial charge in [0.05, 0.1) is 24.4 Å². The number of fused-ring (bicyclic) bond motifs is 2. The standard InChI is InChI=1S/C12H12ClN3O2.ClH/c1-6-11(17)15-12-14-8-3-4-9(18-2)10(13)7(8)5-16(6)12;/h3-4,6H,5H2,1-2H3,(H,14,15,17);1H. The lowest BCUT2D eigenvalue weighted by atomic mass is 10.1. The Morgan fingerprint density at radius 2 is 2.26 bits per heavy atom. The maximum absolute atomic E-state index is 11.6. The molecule has 1 saturated heterocycles. The van der Waals surface area contributed by atoms with Crippen molar-refractivity contribution in [2.75, 3.05) is 7.11 Å². The van der Waals surface area contributed by atoms with Crippen molar-refractivity contribution in [3.05, 3.63) is 22.7 Å². The SMILES string of the molecule is COc1ccc2c(c1Cl)CN1C(=N2)NC(=O)C1C.Cl. The minimum Gasteiger partial charge on any atom is -0.495 e. The number of guanidine groups is 1. The van der Waals surface area contributed by atoms with Gasteiger partial charge in [0.25, 0.3) is 0 Å². The third kappa shape index (κ3) is 2.03. The molecule has 1 N–H and O–H groups in total. The Bertz CT molecular complexity index is 574. The zero-order valence-corrected chi connectivity index (χ0v) is 12.0. The van der Waals surface area contributed by atoms with Gasteiger partial charge in [0.1, 0.15) is 11.8 Å². The molecule has 0 radical (unpaired) electrons. The number of aliphatic imine (C=N–C) groups is 1. The van der Waals surface area contributed by atoms with Crippen LogP contribution in [0.3, 0.4) is 0 Å². The Kier molecular flexibility index (Phi) is 3.60. The van der Waals surface area contributed by atoms with E-state index >= 15 is 0 Å². The van der Waals surface area contributed by atoms with Crippen molar-refractivity contribution in [2.45, 2.75) is 19.5 Å². The minimum absolute atomic E-state index is 0. The van der Waals surface area contributed by atoms with Crippen LogP contribution in [0.2, 0.25) is 5.02 Å². The molecule has 1 aromatic carbocycles. The second-order valence-electron chi connectivity index (χ2n) is 4.31. The summed E-state index contributed by atoms with van der Waals surface area (Å²) in [6.07, 6.45) is 0. The maximum Gasteiger partial charge on any atom is 0.249 e. The first-order chi connectivity index (χ1) is 8.61. The van der Waals surface area contributed by atoms with Crippen LogP contribution in [-0.4, -0.2) is 29.9 Å². The second kappa shape index (κ2) is 4.90. The van der Waals surface area contributed by atoms with E-state index in [1.165, 1.54) is 0 Å². The first kappa shape index (κ1) is 14.0. The van der Waals surface area contributed by atoms with Gasteiger partial charge in [-0.3, -0.25) is 10.1 Å². The Labute approximate surface area is 122 Å². The molecule has 102 valence electrons. The molecule has 1 fully saturated rings. The molecule has 1 unspecified atom stereocenters. The molecule has 0 saturated carbocycles. The fraction of sp³-hybridized carbons (Fsp3) is 0.333. The van der Waals surface area contributed by atoms with Gasteiger partial charge in [0.2, 0.25) is 11.9 Å². The van der Waals surface area contributed by atoms with Crippen LogP contribution in [0.4, 0.5) is 5.69 Å². The normalized spacial score (nSPS) is 19.9. The molecule has 2 aliphatic rings. The first-order valence-corrected chi connectivity index (χ1v) is 6.01. The highest BCUT2D eigenvalue weighted by Crippen LogP contribution is 2.38. The van der Waals surface area contributed by atoms with Crippen molar-refractivity contribution in [1.29, 1.82) is 0 Å². The van der Waals surface area contributed by atoms with E-state index in [4.69, 9.17) is 16.3 Å². The van der Waals surface area contributed by atoms with E-state index in [0.29, 0.717) is 23.3 Å². The van der Waals surface area contributed by atoms with Gasteiger partial charge in [-0.05, 0) is 19.1 Å². The smallest absolute Gasteiger partial charge is 0.249 e. The lowest BCUT2D eigenvalue weighted by molar-refractivity contribution is -0.121. The van der Waals surface area contributed by atoms with Gasteiger partial charge in [-0.25, -0.2) is 4.99 Å². The van der Waals surface area contributed by atoms with Crippen molar-refractivity contribution in [1.82, 2.24) is 10.2 Å². The lowest BCUT2D eigenvalue weighted by Gasteiger charge is -2.27. The van der Waals surface area contributed by atoms with E-state index < -0.39 is 0 Å². The molecule has 1 aromatic rings. The van der Waals surface area contributed by atoms with Gasteiger partial charge in [-0.15, -0.1) is 12.4 Å². The summed E-state index contributed by atoms with van der Waals surface area (Å²) in [5, 5.41) is 3.32. The predicted molar refractivity (Wildman–Crippen MR) is 75.5 cm³/mol. The monoisotopic (exact) mass is 301 g/mol. The van der Waals surface area contributed by atoms with Crippen LogP contribution in [0.5, 0.6) is 5.75 Å². The summed E-state index contributed by atoms with van der Waals surface area (Å²) in [4.78, 5) is 17.9. The summed E-state index contributed by atoms with van der Waals surface area (Å²) in [5.74, 6) is 1.19.